The molecule has 0 amide bonds. The van der Waals surface area contributed by atoms with Crippen molar-refractivity contribution in [3.05, 3.63) is 11.9 Å². The van der Waals surface area contributed by atoms with Crippen molar-refractivity contribution >= 4 is 5.97 Å². The van der Waals surface area contributed by atoms with E-state index in [0.29, 0.717) is 13.2 Å². The van der Waals surface area contributed by atoms with Gasteiger partial charge in [0.1, 0.15) is 0 Å². The first-order chi connectivity index (χ1) is 8.49. The van der Waals surface area contributed by atoms with E-state index in [1.807, 2.05) is 0 Å². The average Bonchev–Trinajstić information content (AvgIpc) is 2.76. The molecule has 1 aromatic heterocycles. The molecule has 1 saturated heterocycles. The number of morpholine rings is 1. The molecule has 1 fully saturated rings. The monoisotopic (exact) mass is 254 g/mol. The molecule has 0 atom stereocenters. The molecule has 1 N–H and O–H groups in total. The van der Waals surface area contributed by atoms with E-state index in [1.165, 1.54) is 6.20 Å². The van der Waals surface area contributed by atoms with E-state index in [1.54, 1.807) is 4.68 Å². The Morgan fingerprint density at radius 1 is 1.56 bits per heavy atom. The van der Waals surface area contributed by atoms with Gasteiger partial charge in [0.05, 0.1) is 26.0 Å². The highest BCUT2D eigenvalue weighted by atomic mass is 16.5. The molecule has 2 heterocycles. The topological polar surface area (TPSA) is 80.5 Å². The summed E-state index contributed by atoms with van der Waals surface area (Å²) in [7, 11) is 0. The van der Waals surface area contributed by atoms with Crippen molar-refractivity contribution in [3.63, 3.8) is 0 Å². The molecule has 2 rings (SSSR count). The molecule has 0 aliphatic carbocycles. The second-order valence-corrected chi connectivity index (χ2v) is 5.02. The van der Waals surface area contributed by atoms with E-state index in [9.17, 15) is 4.79 Å². The molecule has 1 aliphatic rings. The Bertz CT molecular complexity index is 430. The summed E-state index contributed by atoms with van der Waals surface area (Å²) >= 11 is 0. The Balaban J connectivity index is 1.92. The summed E-state index contributed by atoms with van der Waals surface area (Å²) in [5.74, 6) is -1.05. The number of carbonyl (C=O) groups is 1. The SMILES string of the molecule is CC1(C)COCCN1CCn1cc(C(=O)O)nn1. The first kappa shape index (κ1) is 13.0. The maximum Gasteiger partial charge on any atom is 0.358 e. The van der Waals surface area contributed by atoms with Gasteiger partial charge in [-0.2, -0.15) is 0 Å². The van der Waals surface area contributed by atoms with Crippen molar-refractivity contribution in [3.8, 4) is 0 Å². The number of aromatic nitrogens is 3. The maximum absolute atomic E-state index is 10.7. The number of carboxylic acids is 1. The van der Waals surface area contributed by atoms with Crippen LogP contribution in [0, 0.1) is 0 Å². The Labute approximate surface area is 105 Å². The van der Waals surface area contributed by atoms with E-state index in [0.717, 1.165) is 19.7 Å². The van der Waals surface area contributed by atoms with E-state index in [-0.39, 0.29) is 11.2 Å². The minimum atomic E-state index is -1.05. The quantitative estimate of drug-likeness (QED) is 0.820. The molecule has 0 spiro atoms. The second-order valence-electron chi connectivity index (χ2n) is 5.02. The van der Waals surface area contributed by atoms with Gasteiger partial charge in [-0.15, -0.1) is 5.10 Å². The standard InChI is InChI=1S/C11H18N4O3/c1-11(2)8-18-6-5-14(11)3-4-15-7-9(10(16)17)12-13-15/h7H,3-6,8H2,1-2H3,(H,16,17). The minimum absolute atomic E-state index is 0.00839. The van der Waals surface area contributed by atoms with Crippen LogP contribution in [0.25, 0.3) is 0 Å². The van der Waals surface area contributed by atoms with Gasteiger partial charge >= 0.3 is 5.97 Å². The molecule has 0 saturated carbocycles. The number of carboxylic acid groups (broad SMARTS) is 1. The van der Waals surface area contributed by atoms with Gasteiger partial charge in [-0.1, -0.05) is 5.21 Å². The zero-order chi connectivity index (χ0) is 13.2. The minimum Gasteiger partial charge on any atom is -0.476 e. The Morgan fingerprint density at radius 3 is 2.94 bits per heavy atom. The lowest BCUT2D eigenvalue weighted by molar-refractivity contribution is -0.0524. The predicted molar refractivity (Wildman–Crippen MR) is 63.5 cm³/mol. The van der Waals surface area contributed by atoms with Crippen molar-refractivity contribution in [2.75, 3.05) is 26.3 Å². The predicted octanol–water partition coefficient (Wildman–Crippen LogP) is 0.0871. The van der Waals surface area contributed by atoms with Crippen molar-refractivity contribution in [2.24, 2.45) is 0 Å². The molecule has 100 valence electrons. The first-order valence-corrected chi connectivity index (χ1v) is 5.95. The van der Waals surface area contributed by atoms with Gasteiger partial charge in [-0.25, -0.2) is 4.79 Å². The van der Waals surface area contributed by atoms with Crippen LogP contribution in [0.15, 0.2) is 6.20 Å². The maximum atomic E-state index is 10.7. The summed E-state index contributed by atoms with van der Waals surface area (Å²) < 4.78 is 7.01. The fraction of sp³-hybridized carbons (Fsp3) is 0.727. The summed E-state index contributed by atoms with van der Waals surface area (Å²) in [6.07, 6.45) is 1.45. The van der Waals surface area contributed by atoms with Crippen molar-refractivity contribution in [1.82, 2.24) is 19.9 Å². The normalized spacial score (nSPS) is 19.9. The number of nitrogens with zero attached hydrogens (tertiary/aromatic N) is 4. The van der Waals surface area contributed by atoms with Crippen LogP contribution in [0.2, 0.25) is 0 Å². The molecular weight excluding hydrogens is 236 g/mol. The lowest BCUT2D eigenvalue weighted by Gasteiger charge is -2.42. The van der Waals surface area contributed by atoms with Crippen LogP contribution in [-0.4, -0.2) is 62.8 Å². The number of hydrogen-bond acceptors (Lipinski definition) is 5. The van der Waals surface area contributed by atoms with Gasteiger partial charge in [0.25, 0.3) is 0 Å². The third kappa shape index (κ3) is 2.85. The number of rotatable bonds is 4. The van der Waals surface area contributed by atoms with E-state index in [2.05, 4.69) is 29.1 Å². The van der Waals surface area contributed by atoms with Gasteiger partial charge in [-0.05, 0) is 13.8 Å². The molecule has 7 heteroatoms. The lowest BCUT2D eigenvalue weighted by Crippen LogP contribution is -2.53. The van der Waals surface area contributed by atoms with Crippen LogP contribution >= 0.6 is 0 Å². The molecule has 0 bridgehead atoms. The van der Waals surface area contributed by atoms with E-state index in [4.69, 9.17) is 9.84 Å². The Kier molecular flexibility index (Phi) is 3.63. The molecule has 0 aromatic carbocycles. The van der Waals surface area contributed by atoms with Crippen LogP contribution in [-0.2, 0) is 11.3 Å². The molecule has 1 aromatic rings. The van der Waals surface area contributed by atoms with Crippen LogP contribution in [0.5, 0.6) is 0 Å². The number of hydrogen-bond donors (Lipinski definition) is 1. The second kappa shape index (κ2) is 5.03. The average molecular weight is 254 g/mol. The Hall–Kier alpha value is -1.47. The first-order valence-electron chi connectivity index (χ1n) is 5.95. The summed E-state index contributed by atoms with van der Waals surface area (Å²) in [6.45, 7) is 8.04. The van der Waals surface area contributed by atoms with Crippen LogP contribution < -0.4 is 0 Å². The number of aromatic carboxylic acids is 1. The van der Waals surface area contributed by atoms with Gasteiger partial charge in [0.2, 0.25) is 0 Å². The van der Waals surface area contributed by atoms with Gasteiger partial charge in [0.15, 0.2) is 5.69 Å². The van der Waals surface area contributed by atoms with Gasteiger partial charge in [-0.3, -0.25) is 9.58 Å². The van der Waals surface area contributed by atoms with Crippen molar-refractivity contribution < 1.29 is 14.6 Å². The summed E-state index contributed by atoms with van der Waals surface area (Å²) in [5, 5.41) is 16.1. The van der Waals surface area contributed by atoms with Crippen molar-refractivity contribution in [2.45, 2.75) is 25.9 Å². The highest BCUT2D eigenvalue weighted by Gasteiger charge is 2.30. The zero-order valence-electron chi connectivity index (χ0n) is 10.7. The van der Waals surface area contributed by atoms with Gasteiger partial charge in [0, 0.05) is 18.6 Å². The van der Waals surface area contributed by atoms with Gasteiger partial charge < -0.3 is 9.84 Å². The Morgan fingerprint density at radius 2 is 2.33 bits per heavy atom. The van der Waals surface area contributed by atoms with Crippen LogP contribution in [0.1, 0.15) is 24.3 Å². The third-order valence-electron chi connectivity index (χ3n) is 3.17. The molecular formula is C11H18N4O3. The lowest BCUT2D eigenvalue weighted by atomic mass is 10.0. The van der Waals surface area contributed by atoms with Crippen LogP contribution in [0.4, 0.5) is 0 Å². The summed E-state index contributed by atoms with van der Waals surface area (Å²) in [5.41, 5.74) is -0.00898. The largest absolute Gasteiger partial charge is 0.476 e. The van der Waals surface area contributed by atoms with E-state index >= 15 is 0 Å². The highest BCUT2D eigenvalue weighted by Crippen LogP contribution is 2.18. The zero-order valence-corrected chi connectivity index (χ0v) is 10.7. The summed E-state index contributed by atoms with van der Waals surface area (Å²) in [4.78, 5) is 13.0. The molecule has 0 radical (unpaired) electrons. The summed E-state index contributed by atoms with van der Waals surface area (Å²) in [6, 6.07) is 0. The van der Waals surface area contributed by atoms with E-state index < -0.39 is 5.97 Å². The molecule has 18 heavy (non-hydrogen) atoms. The third-order valence-corrected chi connectivity index (χ3v) is 3.17. The number of ether oxygens (including phenoxy) is 1. The fourth-order valence-electron chi connectivity index (χ4n) is 2.03. The fourth-order valence-corrected chi connectivity index (χ4v) is 2.03. The molecule has 1 aliphatic heterocycles. The van der Waals surface area contributed by atoms with Crippen LogP contribution in [0.3, 0.4) is 0 Å². The van der Waals surface area contributed by atoms with Crippen molar-refractivity contribution in [1.29, 1.82) is 0 Å². The molecule has 7 nitrogen and oxygen atoms in total. The smallest absolute Gasteiger partial charge is 0.358 e. The molecule has 0 unspecified atom stereocenters. The highest BCUT2D eigenvalue weighted by molar-refractivity contribution is 5.84.